The second kappa shape index (κ2) is 7.61. The van der Waals surface area contributed by atoms with Crippen molar-refractivity contribution in [1.29, 1.82) is 0 Å². The summed E-state index contributed by atoms with van der Waals surface area (Å²) in [5.41, 5.74) is 7.30. The van der Waals surface area contributed by atoms with Gasteiger partial charge >= 0.3 is 149 Å². The fraction of sp³-hybridized carbons (Fsp3) is 0.333. The van der Waals surface area contributed by atoms with Crippen molar-refractivity contribution in [1.82, 2.24) is 4.90 Å². The predicted octanol–water partition coefficient (Wildman–Crippen LogP) is 1.37. The normalized spacial score (nSPS) is 22.0. The van der Waals surface area contributed by atoms with E-state index in [4.69, 9.17) is 10.5 Å². The number of rotatable bonds is 6. The van der Waals surface area contributed by atoms with Crippen molar-refractivity contribution in [2.24, 2.45) is 5.73 Å². The van der Waals surface area contributed by atoms with Crippen LogP contribution < -0.4 is 5.73 Å². The fourth-order valence-electron chi connectivity index (χ4n) is 2.33. The van der Waals surface area contributed by atoms with Crippen molar-refractivity contribution in [2.45, 2.75) is 31.0 Å². The maximum atomic E-state index is 12.4. The number of ether oxygens (including phenoxy) is 1. The van der Waals surface area contributed by atoms with Crippen LogP contribution in [0.5, 0.6) is 0 Å². The van der Waals surface area contributed by atoms with Crippen LogP contribution in [0.2, 0.25) is 0 Å². The van der Waals surface area contributed by atoms with Gasteiger partial charge in [0, 0.05) is 0 Å². The first-order valence-electron chi connectivity index (χ1n) is 6.82. The third kappa shape index (κ3) is 3.55. The van der Waals surface area contributed by atoms with Gasteiger partial charge in [-0.05, 0) is 0 Å². The molecule has 2 N–H and O–H groups in total. The van der Waals surface area contributed by atoms with Gasteiger partial charge in [0.1, 0.15) is 0 Å². The topological polar surface area (TPSA) is 72.6 Å². The second-order valence-corrected chi connectivity index (χ2v) is 9.87. The summed E-state index contributed by atoms with van der Waals surface area (Å²) in [4.78, 5) is 25.9. The number of likely N-dealkylation sites (tertiary alicyclic amines) is 1. The van der Waals surface area contributed by atoms with Gasteiger partial charge in [-0.15, -0.1) is 0 Å². The number of β-lactam (4-membered cyclic amide) rings is 1. The molecule has 1 aliphatic rings. The molecule has 1 aliphatic heterocycles. The molecule has 1 amide bonds. The van der Waals surface area contributed by atoms with Crippen LogP contribution in [0.1, 0.15) is 12.5 Å². The quantitative estimate of drug-likeness (QED) is 0.274. The molecule has 1 aromatic rings. The monoisotopic (exact) mass is 507 g/mol. The minimum atomic E-state index is -0.753. The molecule has 0 aromatic heterocycles. The van der Waals surface area contributed by atoms with Crippen LogP contribution in [0.15, 0.2) is 42.5 Å². The van der Waals surface area contributed by atoms with Crippen LogP contribution in [0.25, 0.3) is 0 Å². The first-order chi connectivity index (χ1) is 10.5. The van der Waals surface area contributed by atoms with Gasteiger partial charge in [-0.1, -0.05) is 0 Å². The summed E-state index contributed by atoms with van der Waals surface area (Å²) in [6.45, 7) is 5.74. The molecule has 7 heteroatoms. The number of nitrogens with two attached hydrogens (primary N) is 1. The average molecular weight is 506 g/mol. The number of carbonyl (C=O) groups is 2. The summed E-state index contributed by atoms with van der Waals surface area (Å²) in [6.07, 6.45) is 0. The van der Waals surface area contributed by atoms with Crippen LogP contribution in [-0.4, -0.2) is 34.2 Å². The Morgan fingerprint density at radius 2 is 2.14 bits per heavy atom. The third-order valence-electron chi connectivity index (χ3n) is 3.48. The molecule has 1 heterocycles. The maximum absolute atomic E-state index is 12.4. The summed E-state index contributed by atoms with van der Waals surface area (Å²) in [7, 11) is 1.63. The van der Waals surface area contributed by atoms with Gasteiger partial charge in [0.25, 0.3) is 0 Å². The summed E-state index contributed by atoms with van der Waals surface area (Å²) in [5, 5.41) is -0.137. The molecule has 1 saturated heterocycles. The Balaban J connectivity index is 2.06. The van der Waals surface area contributed by atoms with E-state index in [1.807, 2.05) is 30.3 Å². The van der Waals surface area contributed by atoms with Crippen LogP contribution in [0.3, 0.4) is 0 Å². The standard InChI is InChI=1S/C15H18N2O3S.Hg/c1-9(2)12(17-13(18)11(16)14(17)21)15(19)20-8-10-6-4-3-5-7-10;/h3-7,11-12,14,21H,1,8,16H2,2H3;/q;+2/p-1. The molecule has 3 atom stereocenters. The zero-order valence-electron chi connectivity index (χ0n) is 12.4. The Morgan fingerprint density at radius 3 is 2.68 bits per heavy atom. The van der Waals surface area contributed by atoms with Gasteiger partial charge in [0.05, 0.1) is 0 Å². The number of benzene rings is 1. The fourth-order valence-corrected chi connectivity index (χ4v) is 7.33. The summed E-state index contributed by atoms with van der Waals surface area (Å²) < 4.78 is 5.36. The van der Waals surface area contributed by atoms with Crippen molar-refractivity contribution in [3.05, 3.63) is 48.0 Å². The second-order valence-electron chi connectivity index (χ2n) is 5.17. The van der Waals surface area contributed by atoms with Gasteiger partial charge in [-0.25, -0.2) is 0 Å². The van der Waals surface area contributed by atoms with Gasteiger partial charge in [0.2, 0.25) is 0 Å². The molecule has 1 aromatic carbocycles. The van der Waals surface area contributed by atoms with E-state index in [2.05, 4.69) is 6.58 Å². The SMILES string of the molecule is C=C(C)C(C(=O)OCc1ccccc1)N1C(=O)C(N)C1[S][Hg+]. The third-order valence-corrected chi connectivity index (χ3v) is 8.33. The van der Waals surface area contributed by atoms with E-state index in [9.17, 15) is 9.59 Å². The molecule has 0 aliphatic carbocycles. The molecule has 3 unspecified atom stereocenters. The molecule has 0 radical (unpaired) electrons. The van der Waals surface area contributed by atoms with E-state index in [1.165, 1.54) is 4.90 Å². The Kier molecular flexibility index (Phi) is 6.05. The number of hydrogen-bond donors (Lipinski definition) is 1. The van der Waals surface area contributed by atoms with Crippen LogP contribution in [0.4, 0.5) is 0 Å². The van der Waals surface area contributed by atoms with Gasteiger partial charge in [-0.3, -0.25) is 0 Å². The molecule has 22 heavy (non-hydrogen) atoms. The minimum absolute atomic E-state index is 0.137. The Labute approximate surface area is 148 Å². The molecule has 0 spiro atoms. The predicted molar refractivity (Wildman–Crippen MR) is 81.0 cm³/mol. The number of hydrogen-bond acceptors (Lipinski definition) is 5. The molecular formula is C15H17HgN2O3S+. The van der Waals surface area contributed by atoms with E-state index in [0.717, 1.165) is 5.56 Å². The van der Waals surface area contributed by atoms with Crippen molar-refractivity contribution < 1.29 is 38.9 Å². The Bertz CT molecular complexity index is 581. The van der Waals surface area contributed by atoms with E-state index >= 15 is 0 Å². The van der Waals surface area contributed by atoms with E-state index < -0.39 is 18.1 Å². The average Bonchev–Trinajstić information content (AvgIpc) is 2.52. The van der Waals surface area contributed by atoms with Gasteiger partial charge in [-0.2, -0.15) is 0 Å². The molecule has 0 bridgehead atoms. The number of esters is 1. The number of carbonyl (C=O) groups excluding carboxylic acids is 2. The van der Waals surface area contributed by atoms with Gasteiger partial charge in [0.15, 0.2) is 0 Å². The Morgan fingerprint density at radius 1 is 1.50 bits per heavy atom. The summed E-state index contributed by atoms with van der Waals surface area (Å²) >= 11 is 0.423. The van der Waals surface area contributed by atoms with Gasteiger partial charge < -0.3 is 0 Å². The molecule has 1 fully saturated rings. The Hall–Kier alpha value is -0.855. The molecule has 0 saturated carbocycles. The molecule has 112 valence electrons. The zero-order chi connectivity index (χ0) is 16.3. The van der Waals surface area contributed by atoms with Crippen molar-refractivity contribution >= 4 is 20.1 Å². The van der Waals surface area contributed by atoms with Crippen molar-refractivity contribution in [3.63, 3.8) is 0 Å². The molecule has 5 nitrogen and oxygen atoms in total. The summed E-state index contributed by atoms with van der Waals surface area (Å²) in [5.74, 6) is -0.670. The van der Waals surface area contributed by atoms with E-state index in [1.54, 1.807) is 15.2 Å². The van der Waals surface area contributed by atoms with Crippen LogP contribution in [-0.2, 0) is 45.5 Å². The van der Waals surface area contributed by atoms with E-state index in [-0.39, 0.29) is 17.9 Å². The molecular weight excluding hydrogens is 489 g/mol. The first-order valence-corrected chi connectivity index (χ1v) is 14.6. The number of nitrogens with zero attached hydrogens (tertiary/aromatic N) is 1. The summed E-state index contributed by atoms with van der Waals surface area (Å²) in [6, 6.07) is 8.15. The molecule has 2 rings (SSSR count). The van der Waals surface area contributed by atoms with Crippen LogP contribution in [0, 0.1) is 0 Å². The number of amides is 1. The zero-order valence-corrected chi connectivity index (χ0v) is 18.7. The van der Waals surface area contributed by atoms with E-state index in [0.29, 0.717) is 30.2 Å². The van der Waals surface area contributed by atoms with Crippen LogP contribution >= 0.6 is 8.24 Å². The first kappa shape index (κ1) is 17.5. The van der Waals surface area contributed by atoms with Crippen molar-refractivity contribution in [3.8, 4) is 0 Å². The van der Waals surface area contributed by atoms with Crippen molar-refractivity contribution in [2.75, 3.05) is 0 Å².